The maximum Gasteiger partial charge on any atom is 0.416 e. The molecule has 142 valence electrons. The fraction of sp³-hybridized carbons (Fsp3) is 0.444. The monoisotopic (exact) mass is 372 g/mol. The molecule has 1 aromatic carbocycles. The number of cyclic esters (lactones) is 1. The number of alkyl halides is 3. The standard InChI is InChI=1S/C18H19F3O5/c1-11(2)15(23)25-10-17(9-22)8-13(16(24)26-17)6-12-4-3-5-14(7-12)18(19,20)21/h3-7,11,22H,8-10H2,1-2H3/b13-6+. The van der Waals surface area contributed by atoms with Crippen molar-refractivity contribution >= 4 is 18.0 Å². The lowest BCUT2D eigenvalue weighted by Gasteiger charge is -2.24. The molecule has 1 saturated heterocycles. The molecule has 2 rings (SSSR count). The normalized spacial score (nSPS) is 22.0. The first kappa shape index (κ1) is 20.0. The minimum Gasteiger partial charge on any atom is -0.461 e. The van der Waals surface area contributed by atoms with Crippen molar-refractivity contribution in [3.63, 3.8) is 0 Å². The molecule has 0 radical (unpaired) electrons. The van der Waals surface area contributed by atoms with Crippen molar-refractivity contribution in [2.75, 3.05) is 13.2 Å². The lowest BCUT2D eigenvalue weighted by atomic mass is 9.97. The van der Waals surface area contributed by atoms with Crippen molar-refractivity contribution in [3.8, 4) is 0 Å². The molecule has 1 heterocycles. The van der Waals surface area contributed by atoms with Gasteiger partial charge in [-0.1, -0.05) is 26.0 Å². The van der Waals surface area contributed by atoms with Crippen LogP contribution in [0.15, 0.2) is 29.8 Å². The summed E-state index contributed by atoms with van der Waals surface area (Å²) in [5, 5.41) is 9.58. The summed E-state index contributed by atoms with van der Waals surface area (Å²) in [4.78, 5) is 23.6. The van der Waals surface area contributed by atoms with Crippen molar-refractivity contribution < 1.29 is 37.3 Å². The number of aliphatic hydroxyl groups excluding tert-OH is 1. The number of aliphatic hydroxyl groups is 1. The van der Waals surface area contributed by atoms with Crippen LogP contribution in [-0.2, 0) is 25.2 Å². The Balaban J connectivity index is 2.20. The van der Waals surface area contributed by atoms with Gasteiger partial charge in [0.15, 0.2) is 5.60 Å². The van der Waals surface area contributed by atoms with Gasteiger partial charge < -0.3 is 14.6 Å². The molecule has 0 saturated carbocycles. The number of hydrogen-bond acceptors (Lipinski definition) is 5. The van der Waals surface area contributed by atoms with Gasteiger partial charge >= 0.3 is 18.1 Å². The summed E-state index contributed by atoms with van der Waals surface area (Å²) in [5.41, 5.74) is -1.98. The molecule has 0 spiro atoms. The van der Waals surface area contributed by atoms with Crippen LogP contribution in [0.2, 0.25) is 0 Å². The first-order chi connectivity index (χ1) is 12.1. The molecule has 8 heteroatoms. The molecule has 1 N–H and O–H groups in total. The van der Waals surface area contributed by atoms with Gasteiger partial charge in [0, 0.05) is 12.0 Å². The van der Waals surface area contributed by atoms with Gasteiger partial charge in [-0.05, 0) is 23.8 Å². The van der Waals surface area contributed by atoms with E-state index >= 15 is 0 Å². The summed E-state index contributed by atoms with van der Waals surface area (Å²) in [7, 11) is 0. The van der Waals surface area contributed by atoms with E-state index in [0.29, 0.717) is 0 Å². The summed E-state index contributed by atoms with van der Waals surface area (Å²) < 4.78 is 48.5. The highest BCUT2D eigenvalue weighted by Gasteiger charge is 2.44. The Morgan fingerprint density at radius 2 is 2.12 bits per heavy atom. The SMILES string of the molecule is CC(C)C(=O)OCC1(CO)C/C(=C\c2cccc(C(F)(F)F)c2)C(=O)O1. The molecule has 0 aliphatic carbocycles. The van der Waals surface area contributed by atoms with E-state index in [-0.39, 0.29) is 30.1 Å². The fourth-order valence-corrected chi connectivity index (χ4v) is 2.42. The van der Waals surface area contributed by atoms with Gasteiger partial charge in [0.05, 0.1) is 18.1 Å². The molecular weight excluding hydrogens is 353 g/mol. The zero-order valence-electron chi connectivity index (χ0n) is 14.3. The zero-order chi connectivity index (χ0) is 19.5. The third kappa shape index (κ3) is 4.63. The molecule has 1 fully saturated rings. The molecular formula is C18H19F3O5. The van der Waals surface area contributed by atoms with Gasteiger partial charge in [0.2, 0.25) is 0 Å². The summed E-state index contributed by atoms with van der Waals surface area (Å²) in [6.07, 6.45) is -3.30. The summed E-state index contributed by atoms with van der Waals surface area (Å²) in [5.74, 6) is -1.66. The van der Waals surface area contributed by atoms with Crippen molar-refractivity contribution in [2.45, 2.75) is 32.0 Å². The Labute approximate surface area is 148 Å². The third-order valence-electron chi connectivity index (χ3n) is 3.88. The van der Waals surface area contributed by atoms with Crippen molar-refractivity contribution in [1.29, 1.82) is 0 Å². The number of benzene rings is 1. The Hall–Kier alpha value is -2.35. The average Bonchev–Trinajstić information content (AvgIpc) is 2.88. The largest absolute Gasteiger partial charge is 0.461 e. The zero-order valence-corrected chi connectivity index (χ0v) is 14.3. The van der Waals surface area contributed by atoms with E-state index in [1.54, 1.807) is 13.8 Å². The Morgan fingerprint density at radius 1 is 1.42 bits per heavy atom. The molecule has 0 aromatic heterocycles. The Morgan fingerprint density at radius 3 is 2.69 bits per heavy atom. The molecule has 1 atom stereocenters. The second-order valence-corrected chi connectivity index (χ2v) is 6.46. The van der Waals surface area contributed by atoms with Crippen LogP contribution in [0.3, 0.4) is 0 Å². The highest BCUT2D eigenvalue weighted by molar-refractivity contribution is 5.96. The summed E-state index contributed by atoms with van der Waals surface area (Å²) in [6, 6.07) is 4.50. The van der Waals surface area contributed by atoms with E-state index in [4.69, 9.17) is 9.47 Å². The van der Waals surface area contributed by atoms with Crippen molar-refractivity contribution in [1.82, 2.24) is 0 Å². The van der Waals surface area contributed by atoms with Crippen LogP contribution in [0.5, 0.6) is 0 Å². The minimum absolute atomic E-state index is 0.0794. The molecule has 0 amide bonds. The minimum atomic E-state index is -4.50. The van der Waals surface area contributed by atoms with Crippen LogP contribution in [0.25, 0.3) is 6.08 Å². The van der Waals surface area contributed by atoms with Crippen LogP contribution in [-0.4, -0.2) is 35.9 Å². The Kier molecular flexibility index (Phi) is 5.75. The van der Waals surface area contributed by atoms with Crippen LogP contribution in [0, 0.1) is 5.92 Å². The van der Waals surface area contributed by atoms with Gasteiger partial charge in [-0.25, -0.2) is 4.79 Å². The summed E-state index contributed by atoms with van der Waals surface area (Å²) in [6.45, 7) is 2.36. The van der Waals surface area contributed by atoms with Gasteiger partial charge in [0.1, 0.15) is 6.61 Å². The van der Waals surface area contributed by atoms with E-state index in [0.717, 1.165) is 12.1 Å². The first-order valence-corrected chi connectivity index (χ1v) is 7.95. The molecule has 1 aliphatic rings. The lowest BCUT2D eigenvalue weighted by molar-refractivity contribution is -0.168. The predicted octanol–water partition coefficient (Wildman–Crippen LogP) is 2.97. The Bertz CT molecular complexity index is 724. The summed E-state index contributed by atoms with van der Waals surface area (Å²) >= 11 is 0. The maximum atomic E-state index is 12.8. The van der Waals surface area contributed by atoms with Crippen molar-refractivity contribution in [3.05, 3.63) is 41.0 Å². The lowest BCUT2D eigenvalue weighted by Crippen LogP contribution is -2.39. The highest BCUT2D eigenvalue weighted by Crippen LogP contribution is 2.34. The van der Waals surface area contributed by atoms with E-state index in [1.807, 2.05) is 0 Å². The molecule has 0 bridgehead atoms. The smallest absolute Gasteiger partial charge is 0.416 e. The van der Waals surface area contributed by atoms with Crippen LogP contribution < -0.4 is 0 Å². The van der Waals surface area contributed by atoms with Gasteiger partial charge in [-0.15, -0.1) is 0 Å². The quantitative estimate of drug-likeness (QED) is 0.636. The van der Waals surface area contributed by atoms with Crippen molar-refractivity contribution in [2.24, 2.45) is 5.92 Å². The molecule has 1 unspecified atom stereocenters. The second kappa shape index (κ2) is 7.49. The number of carbonyl (C=O) groups is 2. The first-order valence-electron chi connectivity index (χ1n) is 7.95. The average molecular weight is 372 g/mol. The molecule has 5 nitrogen and oxygen atoms in total. The van der Waals surface area contributed by atoms with Gasteiger partial charge in [0.25, 0.3) is 0 Å². The van der Waals surface area contributed by atoms with Crippen LogP contribution in [0.4, 0.5) is 13.2 Å². The number of rotatable bonds is 5. The number of esters is 2. The van der Waals surface area contributed by atoms with E-state index < -0.39 is 35.9 Å². The van der Waals surface area contributed by atoms with Crippen LogP contribution in [0.1, 0.15) is 31.4 Å². The van der Waals surface area contributed by atoms with E-state index in [9.17, 15) is 27.9 Å². The second-order valence-electron chi connectivity index (χ2n) is 6.46. The van der Waals surface area contributed by atoms with E-state index in [1.165, 1.54) is 18.2 Å². The number of halogens is 3. The molecule has 1 aromatic rings. The van der Waals surface area contributed by atoms with E-state index in [2.05, 4.69) is 0 Å². The third-order valence-corrected chi connectivity index (χ3v) is 3.88. The highest BCUT2D eigenvalue weighted by atomic mass is 19.4. The predicted molar refractivity (Wildman–Crippen MR) is 85.7 cm³/mol. The fourth-order valence-electron chi connectivity index (χ4n) is 2.42. The maximum absolute atomic E-state index is 12.8. The number of carbonyl (C=O) groups excluding carboxylic acids is 2. The molecule has 26 heavy (non-hydrogen) atoms. The topological polar surface area (TPSA) is 72.8 Å². The van der Waals surface area contributed by atoms with Gasteiger partial charge in [-0.3, -0.25) is 4.79 Å². The number of ether oxygens (including phenoxy) is 2. The van der Waals surface area contributed by atoms with Crippen LogP contribution >= 0.6 is 0 Å². The molecule has 1 aliphatic heterocycles. The number of hydrogen-bond donors (Lipinski definition) is 1. The van der Waals surface area contributed by atoms with Gasteiger partial charge in [-0.2, -0.15) is 13.2 Å².